The quantitative estimate of drug-likeness (QED) is 0.744. The Labute approximate surface area is 109 Å². The Hall–Kier alpha value is -1.35. The summed E-state index contributed by atoms with van der Waals surface area (Å²) in [5.41, 5.74) is 0.861. The smallest absolute Gasteiger partial charge is 0.312 e. The summed E-state index contributed by atoms with van der Waals surface area (Å²) in [6.07, 6.45) is 3.45. The fraction of sp³-hybridized carbons (Fsp3) is 0.533. The van der Waals surface area contributed by atoms with Gasteiger partial charge in [0.05, 0.1) is 5.92 Å². The van der Waals surface area contributed by atoms with Crippen LogP contribution in [0.25, 0.3) is 0 Å². The van der Waals surface area contributed by atoms with Crippen LogP contribution >= 0.6 is 0 Å². The molecule has 18 heavy (non-hydrogen) atoms. The maximum Gasteiger partial charge on any atom is 0.312 e. The third kappa shape index (κ3) is 4.88. The lowest BCUT2D eigenvalue weighted by Gasteiger charge is -2.18. The predicted molar refractivity (Wildman–Crippen MR) is 73.8 cm³/mol. The van der Waals surface area contributed by atoms with Gasteiger partial charge in [-0.3, -0.25) is 4.79 Å². The summed E-state index contributed by atoms with van der Waals surface area (Å²) >= 11 is 0. The molecule has 1 aromatic rings. The van der Waals surface area contributed by atoms with Crippen molar-refractivity contribution < 1.29 is 9.90 Å². The van der Waals surface area contributed by atoms with E-state index < -0.39 is 11.9 Å². The molecule has 0 aliphatic carbocycles. The molecule has 0 aliphatic rings. The van der Waals surface area contributed by atoms with Crippen molar-refractivity contribution in [2.24, 2.45) is 0 Å². The number of carboxylic acid groups (broad SMARTS) is 1. The molecule has 0 heterocycles. The Morgan fingerprint density at radius 2 is 2.00 bits per heavy atom. The zero-order valence-electron chi connectivity index (χ0n) is 11.2. The SMILES string of the molecule is CCCCC(C)NCC(C(=O)O)c1ccccc1. The van der Waals surface area contributed by atoms with Gasteiger partial charge in [-0.1, -0.05) is 50.1 Å². The number of carboxylic acids is 1. The van der Waals surface area contributed by atoms with Gasteiger partial charge >= 0.3 is 5.97 Å². The molecular formula is C15H23NO2. The van der Waals surface area contributed by atoms with E-state index in [2.05, 4.69) is 19.2 Å². The van der Waals surface area contributed by atoms with Gasteiger partial charge in [0.15, 0.2) is 0 Å². The number of rotatable bonds is 8. The van der Waals surface area contributed by atoms with E-state index in [1.807, 2.05) is 30.3 Å². The van der Waals surface area contributed by atoms with E-state index in [1.165, 1.54) is 12.8 Å². The van der Waals surface area contributed by atoms with Gasteiger partial charge in [0.2, 0.25) is 0 Å². The topological polar surface area (TPSA) is 49.3 Å². The van der Waals surface area contributed by atoms with E-state index in [4.69, 9.17) is 0 Å². The summed E-state index contributed by atoms with van der Waals surface area (Å²) in [5, 5.41) is 12.6. The highest BCUT2D eigenvalue weighted by Gasteiger charge is 2.19. The van der Waals surface area contributed by atoms with E-state index in [0.29, 0.717) is 12.6 Å². The molecule has 0 amide bonds. The number of nitrogens with one attached hydrogen (secondary N) is 1. The Balaban J connectivity index is 2.52. The van der Waals surface area contributed by atoms with Gasteiger partial charge in [0.1, 0.15) is 0 Å². The number of aliphatic carboxylic acids is 1. The average molecular weight is 249 g/mol. The molecule has 0 saturated carbocycles. The summed E-state index contributed by atoms with van der Waals surface area (Å²) in [6, 6.07) is 9.78. The van der Waals surface area contributed by atoms with Gasteiger partial charge in [-0.05, 0) is 18.9 Å². The molecule has 3 nitrogen and oxygen atoms in total. The normalized spacial score (nSPS) is 14.1. The van der Waals surface area contributed by atoms with Crippen molar-refractivity contribution >= 4 is 5.97 Å². The van der Waals surface area contributed by atoms with E-state index in [0.717, 1.165) is 12.0 Å². The number of unbranched alkanes of at least 4 members (excludes halogenated alkanes) is 1. The van der Waals surface area contributed by atoms with Crippen LogP contribution in [0.15, 0.2) is 30.3 Å². The Bertz CT molecular complexity index is 351. The van der Waals surface area contributed by atoms with Crippen molar-refractivity contribution in [2.45, 2.75) is 45.1 Å². The van der Waals surface area contributed by atoms with Crippen molar-refractivity contribution in [2.75, 3.05) is 6.54 Å². The van der Waals surface area contributed by atoms with Crippen molar-refractivity contribution in [1.82, 2.24) is 5.32 Å². The molecule has 0 spiro atoms. The summed E-state index contributed by atoms with van der Waals surface area (Å²) in [4.78, 5) is 11.3. The molecular weight excluding hydrogens is 226 g/mol. The number of hydrogen-bond donors (Lipinski definition) is 2. The second-order valence-corrected chi connectivity index (χ2v) is 4.75. The van der Waals surface area contributed by atoms with Gasteiger partial charge < -0.3 is 10.4 Å². The van der Waals surface area contributed by atoms with Crippen LogP contribution in [0.2, 0.25) is 0 Å². The number of benzene rings is 1. The van der Waals surface area contributed by atoms with Crippen LogP contribution in [-0.2, 0) is 4.79 Å². The van der Waals surface area contributed by atoms with Crippen molar-refractivity contribution in [3.63, 3.8) is 0 Å². The zero-order valence-corrected chi connectivity index (χ0v) is 11.2. The van der Waals surface area contributed by atoms with Crippen molar-refractivity contribution in [3.05, 3.63) is 35.9 Å². The molecule has 100 valence electrons. The minimum atomic E-state index is -0.767. The molecule has 3 heteroatoms. The van der Waals surface area contributed by atoms with E-state index in [-0.39, 0.29) is 0 Å². The maximum absolute atomic E-state index is 11.3. The lowest BCUT2D eigenvalue weighted by atomic mass is 9.99. The molecule has 2 N–H and O–H groups in total. The lowest BCUT2D eigenvalue weighted by molar-refractivity contribution is -0.138. The van der Waals surface area contributed by atoms with E-state index >= 15 is 0 Å². The lowest BCUT2D eigenvalue weighted by Crippen LogP contribution is -2.33. The van der Waals surface area contributed by atoms with Crippen molar-refractivity contribution in [1.29, 1.82) is 0 Å². The molecule has 0 saturated heterocycles. The summed E-state index contributed by atoms with van der Waals surface area (Å²) in [6.45, 7) is 4.76. The Kier molecular flexibility index (Phi) is 6.44. The van der Waals surface area contributed by atoms with Crippen LogP contribution in [0.1, 0.15) is 44.6 Å². The summed E-state index contributed by atoms with van der Waals surface area (Å²) < 4.78 is 0. The van der Waals surface area contributed by atoms with Crippen LogP contribution in [0.3, 0.4) is 0 Å². The molecule has 2 unspecified atom stereocenters. The van der Waals surface area contributed by atoms with Crippen LogP contribution in [0.4, 0.5) is 0 Å². The van der Waals surface area contributed by atoms with E-state index in [1.54, 1.807) is 0 Å². The fourth-order valence-electron chi connectivity index (χ4n) is 1.96. The van der Waals surface area contributed by atoms with Crippen LogP contribution in [-0.4, -0.2) is 23.7 Å². The molecule has 0 aromatic heterocycles. The highest BCUT2D eigenvalue weighted by atomic mass is 16.4. The van der Waals surface area contributed by atoms with Gasteiger partial charge in [-0.15, -0.1) is 0 Å². The second kappa shape index (κ2) is 7.88. The van der Waals surface area contributed by atoms with Crippen LogP contribution < -0.4 is 5.32 Å². The number of carbonyl (C=O) groups is 1. The largest absolute Gasteiger partial charge is 0.481 e. The molecule has 0 bridgehead atoms. The minimum absolute atomic E-state index is 0.371. The molecule has 1 rings (SSSR count). The zero-order chi connectivity index (χ0) is 13.4. The molecule has 1 aromatic carbocycles. The monoisotopic (exact) mass is 249 g/mol. The molecule has 0 fully saturated rings. The van der Waals surface area contributed by atoms with Gasteiger partial charge in [0.25, 0.3) is 0 Å². The van der Waals surface area contributed by atoms with Crippen LogP contribution in [0.5, 0.6) is 0 Å². The van der Waals surface area contributed by atoms with Crippen molar-refractivity contribution in [3.8, 4) is 0 Å². The fourth-order valence-corrected chi connectivity index (χ4v) is 1.96. The third-order valence-corrected chi connectivity index (χ3v) is 3.16. The first-order valence-corrected chi connectivity index (χ1v) is 6.66. The average Bonchev–Trinajstić information content (AvgIpc) is 2.37. The number of hydrogen-bond acceptors (Lipinski definition) is 2. The first kappa shape index (κ1) is 14.7. The first-order chi connectivity index (χ1) is 8.65. The van der Waals surface area contributed by atoms with Crippen LogP contribution in [0, 0.1) is 0 Å². The second-order valence-electron chi connectivity index (χ2n) is 4.75. The minimum Gasteiger partial charge on any atom is -0.481 e. The molecule has 0 radical (unpaired) electrons. The summed E-state index contributed by atoms with van der Waals surface area (Å²) in [5.74, 6) is -1.23. The molecule has 0 aliphatic heterocycles. The van der Waals surface area contributed by atoms with Gasteiger partial charge in [0, 0.05) is 12.6 Å². The van der Waals surface area contributed by atoms with Gasteiger partial charge in [-0.2, -0.15) is 0 Å². The highest BCUT2D eigenvalue weighted by Crippen LogP contribution is 2.15. The standard InChI is InChI=1S/C15H23NO2/c1-3-4-8-12(2)16-11-14(15(17)18)13-9-6-5-7-10-13/h5-7,9-10,12,14,16H,3-4,8,11H2,1-2H3,(H,17,18). The van der Waals surface area contributed by atoms with Gasteiger partial charge in [-0.25, -0.2) is 0 Å². The van der Waals surface area contributed by atoms with E-state index in [9.17, 15) is 9.90 Å². The highest BCUT2D eigenvalue weighted by molar-refractivity contribution is 5.76. The third-order valence-electron chi connectivity index (χ3n) is 3.16. The first-order valence-electron chi connectivity index (χ1n) is 6.66. The predicted octanol–water partition coefficient (Wildman–Crippen LogP) is 3.02. The summed E-state index contributed by atoms with van der Waals surface area (Å²) in [7, 11) is 0. The Morgan fingerprint density at radius 3 is 2.56 bits per heavy atom. The Morgan fingerprint density at radius 1 is 1.33 bits per heavy atom. The molecule has 2 atom stereocenters. The maximum atomic E-state index is 11.3.